The van der Waals surface area contributed by atoms with Gasteiger partial charge >= 0.3 is 12.0 Å². The normalized spacial score (nSPS) is 28.8. The molecule has 1 aliphatic rings. The highest BCUT2D eigenvalue weighted by atomic mass is 16.5. The predicted octanol–water partition coefficient (Wildman–Crippen LogP) is 0.412. The minimum Gasteiger partial charge on any atom is -0.507 e. The molecule has 6 unspecified atom stereocenters. The van der Waals surface area contributed by atoms with Crippen molar-refractivity contribution in [3.63, 3.8) is 0 Å². The summed E-state index contributed by atoms with van der Waals surface area (Å²) in [6.07, 6.45) is -1.52. The van der Waals surface area contributed by atoms with Crippen LogP contribution in [0, 0.1) is 6.92 Å². The maximum absolute atomic E-state index is 13.0. The van der Waals surface area contributed by atoms with Crippen molar-refractivity contribution in [2.45, 2.75) is 62.6 Å². The third-order valence-electron chi connectivity index (χ3n) is 7.72. The first-order chi connectivity index (χ1) is 18.1. The summed E-state index contributed by atoms with van der Waals surface area (Å²) in [6.45, 7) is 4.58. The number of ether oxygens (including phenoxy) is 1. The van der Waals surface area contributed by atoms with Crippen molar-refractivity contribution in [1.29, 1.82) is 0 Å². The summed E-state index contributed by atoms with van der Waals surface area (Å²) >= 11 is 0. The van der Waals surface area contributed by atoms with E-state index in [9.17, 15) is 34.8 Å². The number of hydrogen-bond acceptors (Lipinski definition) is 10. The number of ketones is 1. The third-order valence-corrected chi connectivity index (χ3v) is 7.72. The number of aryl methyl sites for hydroxylation is 1. The van der Waals surface area contributed by atoms with Gasteiger partial charge in [-0.25, -0.2) is 9.59 Å². The van der Waals surface area contributed by atoms with Crippen LogP contribution < -0.4 is 21.7 Å². The van der Waals surface area contributed by atoms with Gasteiger partial charge in [-0.3, -0.25) is 4.79 Å². The highest BCUT2D eigenvalue weighted by Crippen LogP contribution is 2.49. The number of aliphatic hydroxyl groups excluding tert-OH is 1. The number of nitrogens with two attached hydrogens (primary N) is 1. The molecule has 2 aromatic rings. The van der Waals surface area contributed by atoms with Gasteiger partial charge in [0, 0.05) is 18.3 Å². The van der Waals surface area contributed by atoms with E-state index in [1.165, 1.54) is 40.0 Å². The standard InChI is InChI=1S/C27H36N4O8/c1-14-8-6-11-19(34)20(14)23(35)39-13-26(38)22(30-18-10-7-9-17(12-18)15(2)32)21(28)27(16(3)33,25(26,4)37)31-24(36)29-5/h6-12,16,21-22,30,33-34,37-38H,13,28H2,1-5H3,(H2,29,31,36). The number of rotatable bonds is 8. The minimum atomic E-state index is -2.43. The lowest BCUT2D eigenvalue weighted by Crippen LogP contribution is -2.76. The van der Waals surface area contributed by atoms with Crippen molar-refractivity contribution in [2.75, 3.05) is 19.0 Å². The molecule has 1 aliphatic carbocycles. The second-order valence-electron chi connectivity index (χ2n) is 10.1. The molecule has 2 aromatic carbocycles. The molecule has 0 saturated heterocycles. The number of carbonyl (C=O) groups is 3. The molecule has 0 aliphatic heterocycles. The number of aromatic hydroxyl groups is 1. The fourth-order valence-corrected chi connectivity index (χ4v) is 5.40. The Kier molecular flexibility index (Phi) is 8.27. The fraction of sp³-hybridized carbons (Fsp3) is 0.444. The first kappa shape index (κ1) is 29.8. The maximum atomic E-state index is 13.0. The lowest BCUT2D eigenvalue weighted by Gasteiger charge is -2.48. The van der Waals surface area contributed by atoms with Crippen LogP contribution in [0.1, 0.15) is 47.1 Å². The topological polar surface area (TPSA) is 203 Å². The lowest BCUT2D eigenvalue weighted by molar-refractivity contribution is -0.185. The van der Waals surface area contributed by atoms with Gasteiger partial charge in [0.2, 0.25) is 0 Å². The van der Waals surface area contributed by atoms with Gasteiger partial charge in [-0.05, 0) is 51.5 Å². The van der Waals surface area contributed by atoms with E-state index >= 15 is 0 Å². The number of phenolic OH excluding ortho intramolecular Hbond substituents is 1. The second-order valence-corrected chi connectivity index (χ2v) is 10.1. The van der Waals surface area contributed by atoms with Crippen LogP contribution in [0.15, 0.2) is 42.5 Å². The molecule has 2 amide bonds. The largest absolute Gasteiger partial charge is 0.507 e. The fourth-order valence-electron chi connectivity index (χ4n) is 5.40. The SMILES string of the molecule is CNC(=O)NC1(C(C)O)C(N)C(Nc2cccc(C(C)=O)c2)C(O)(COC(=O)c2c(C)cccc2O)C1(C)O. The molecule has 39 heavy (non-hydrogen) atoms. The van der Waals surface area contributed by atoms with Crippen molar-refractivity contribution in [3.05, 3.63) is 59.2 Å². The number of anilines is 1. The van der Waals surface area contributed by atoms with Gasteiger partial charge in [-0.15, -0.1) is 0 Å². The lowest BCUT2D eigenvalue weighted by atomic mass is 9.73. The molecule has 1 fully saturated rings. The first-order valence-electron chi connectivity index (χ1n) is 12.4. The molecule has 3 rings (SSSR count). The Morgan fingerprint density at radius 2 is 1.79 bits per heavy atom. The van der Waals surface area contributed by atoms with Gasteiger partial charge < -0.3 is 46.8 Å². The summed E-state index contributed by atoms with van der Waals surface area (Å²) in [5.74, 6) is -1.53. The number of urea groups is 1. The molecule has 0 bridgehead atoms. The Balaban J connectivity index is 2.12. The number of hydrogen-bond donors (Lipinski definition) is 8. The smallest absolute Gasteiger partial charge is 0.342 e. The monoisotopic (exact) mass is 544 g/mol. The predicted molar refractivity (Wildman–Crippen MR) is 143 cm³/mol. The van der Waals surface area contributed by atoms with Gasteiger partial charge in [0.25, 0.3) is 0 Å². The highest BCUT2D eigenvalue weighted by molar-refractivity contribution is 5.95. The molecule has 1 saturated carbocycles. The van der Waals surface area contributed by atoms with Crippen molar-refractivity contribution in [2.24, 2.45) is 5.73 Å². The maximum Gasteiger partial charge on any atom is 0.342 e. The molecule has 9 N–H and O–H groups in total. The summed E-state index contributed by atoms with van der Waals surface area (Å²) in [5.41, 5.74) is 0.665. The van der Waals surface area contributed by atoms with Crippen molar-refractivity contribution in [1.82, 2.24) is 10.6 Å². The molecule has 12 nitrogen and oxygen atoms in total. The van der Waals surface area contributed by atoms with Crippen molar-refractivity contribution in [3.8, 4) is 5.75 Å². The van der Waals surface area contributed by atoms with Crippen LogP contribution in [0.2, 0.25) is 0 Å². The zero-order valence-electron chi connectivity index (χ0n) is 22.5. The Labute approximate surface area is 226 Å². The number of carbonyl (C=O) groups excluding carboxylic acids is 3. The van der Waals surface area contributed by atoms with Gasteiger partial charge in [0.1, 0.15) is 29.1 Å². The van der Waals surface area contributed by atoms with E-state index < -0.39 is 53.5 Å². The van der Waals surface area contributed by atoms with Crippen molar-refractivity contribution < 1.29 is 39.5 Å². The van der Waals surface area contributed by atoms with E-state index in [1.807, 2.05) is 0 Å². The van der Waals surface area contributed by atoms with E-state index in [2.05, 4.69) is 16.0 Å². The quantitative estimate of drug-likeness (QED) is 0.170. The van der Waals surface area contributed by atoms with Gasteiger partial charge in [0.15, 0.2) is 11.4 Å². The zero-order chi connectivity index (χ0) is 29.3. The Morgan fingerprint density at radius 1 is 1.15 bits per heavy atom. The highest BCUT2D eigenvalue weighted by Gasteiger charge is 2.76. The van der Waals surface area contributed by atoms with Crippen LogP contribution in [0.25, 0.3) is 0 Å². The van der Waals surface area contributed by atoms with E-state index in [1.54, 1.807) is 37.3 Å². The Bertz CT molecular complexity index is 1250. The number of amides is 2. The van der Waals surface area contributed by atoms with Crippen molar-refractivity contribution >= 4 is 23.5 Å². The van der Waals surface area contributed by atoms with E-state index in [4.69, 9.17) is 10.5 Å². The molecule has 12 heteroatoms. The summed E-state index contributed by atoms with van der Waals surface area (Å²) < 4.78 is 5.43. The van der Waals surface area contributed by atoms with Crippen LogP contribution in [-0.4, -0.2) is 86.8 Å². The summed E-state index contributed by atoms with van der Waals surface area (Å²) in [6, 6.07) is 7.22. The third kappa shape index (κ3) is 4.91. The van der Waals surface area contributed by atoms with Crippen LogP contribution in [0.4, 0.5) is 10.5 Å². The zero-order valence-corrected chi connectivity index (χ0v) is 22.5. The summed E-state index contributed by atoms with van der Waals surface area (Å²) in [7, 11) is 1.33. The average molecular weight is 545 g/mol. The molecule has 6 atom stereocenters. The van der Waals surface area contributed by atoms with Crippen LogP contribution >= 0.6 is 0 Å². The number of esters is 1. The first-order valence-corrected chi connectivity index (χ1v) is 12.4. The molecule has 0 radical (unpaired) electrons. The molecule has 212 valence electrons. The number of Topliss-reactive ketones (excluding diaryl/α,β-unsaturated/α-hetero) is 1. The molecular formula is C27H36N4O8. The minimum absolute atomic E-state index is 0.132. The molecule has 0 heterocycles. The Morgan fingerprint density at radius 3 is 2.36 bits per heavy atom. The molecule has 0 spiro atoms. The van der Waals surface area contributed by atoms with E-state index in [-0.39, 0.29) is 17.1 Å². The van der Waals surface area contributed by atoms with E-state index in [0.29, 0.717) is 16.8 Å². The second kappa shape index (κ2) is 10.8. The van der Waals surface area contributed by atoms with Crippen LogP contribution in [-0.2, 0) is 4.74 Å². The van der Waals surface area contributed by atoms with Gasteiger partial charge in [-0.2, -0.15) is 0 Å². The number of aliphatic hydroxyl groups is 3. The van der Waals surface area contributed by atoms with Gasteiger partial charge in [-0.1, -0.05) is 24.3 Å². The van der Waals surface area contributed by atoms with Crippen LogP contribution in [0.3, 0.4) is 0 Å². The Hall–Kier alpha value is -3.71. The van der Waals surface area contributed by atoms with Crippen LogP contribution in [0.5, 0.6) is 5.75 Å². The summed E-state index contributed by atoms with van der Waals surface area (Å²) in [4.78, 5) is 37.4. The van der Waals surface area contributed by atoms with E-state index in [0.717, 1.165) is 0 Å². The van der Waals surface area contributed by atoms with Gasteiger partial charge in [0.05, 0.1) is 18.2 Å². The summed E-state index contributed by atoms with van der Waals surface area (Å²) in [5, 5.41) is 53.0. The number of phenols is 1. The molecular weight excluding hydrogens is 508 g/mol. The number of nitrogens with one attached hydrogen (secondary N) is 3. The number of benzene rings is 2. The molecule has 0 aromatic heterocycles. The average Bonchev–Trinajstić information content (AvgIpc) is 2.99.